The van der Waals surface area contributed by atoms with E-state index in [1.807, 2.05) is 36.3 Å². The largest absolute Gasteiger partial charge is 0.271 e. The number of benzene rings is 1. The fourth-order valence-electron chi connectivity index (χ4n) is 1.88. The number of pyridine rings is 1. The number of thioether (sulfide) groups is 1. The van der Waals surface area contributed by atoms with Crippen LogP contribution >= 0.6 is 11.8 Å². The molecule has 0 aliphatic heterocycles. The fourth-order valence-corrected chi connectivity index (χ4v) is 2.63. The first-order valence-corrected chi connectivity index (χ1v) is 6.88. The Labute approximate surface area is 106 Å². The van der Waals surface area contributed by atoms with Gasteiger partial charge >= 0.3 is 0 Å². The van der Waals surface area contributed by atoms with E-state index >= 15 is 0 Å². The summed E-state index contributed by atoms with van der Waals surface area (Å²) in [7, 11) is 0. The molecule has 0 fully saturated rings. The number of aromatic nitrogens is 1. The molecular formula is C13H17N3S. The summed E-state index contributed by atoms with van der Waals surface area (Å²) in [5, 5.41) is 2.38. The second-order valence-electron chi connectivity index (χ2n) is 3.83. The Balaban J connectivity index is 2.38. The van der Waals surface area contributed by atoms with Gasteiger partial charge < -0.3 is 0 Å². The first-order chi connectivity index (χ1) is 8.36. The monoisotopic (exact) mass is 247 g/mol. The molecular weight excluding hydrogens is 230 g/mol. The Morgan fingerprint density at radius 1 is 1.35 bits per heavy atom. The summed E-state index contributed by atoms with van der Waals surface area (Å²) >= 11 is 1.87. The number of hydrazine groups is 1. The molecule has 1 atom stereocenters. The van der Waals surface area contributed by atoms with Crippen LogP contribution in [-0.2, 0) is 0 Å². The van der Waals surface area contributed by atoms with Crippen molar-refractivity contribution in [3.8, 4) is 0 Å². The molecule has 1 heterocycles. The Hall–Kier alpha value is -1.10. The summed E-state index contributed by atoms with van der Waals surface area (Å²) in [5.41, 5.74) is 4.06. The molecule has 0 saturated heterocycles. The van der Waals surface area contributed by atoms with Gasteiger partial charge in [0.1, 0.15) is 0 Å². The van der Waals surface area contributed by atoms with Crippen molar-refractivity contribution in [2.45, 2.75) is 13.0 Å². The zero-order valence-corrected chi connectivity index (χ0v) is 10.7. The zero-order chi connectivity index (χ0) is 12.1. The summed E-state index contributed by atoms with van der Waals surface area (Å²) < 4.78 is 0. The molecule has 2 aromatic rings. The molecule has 0 bridgehead atoms. The average molecular weight is 247 g/mol. The molecule has 0 amide bonds. The second-order valence-corrected chi connectivity index (χ2v) is 5.15. The lowest BCUT2D eigenvalue weighted by Crippen LogP contribution is -2.30. The van der Waals surface area contributed by atoms with Crippen LogP contribution in [0, 0.1) is 0 Å². The first kappa shape index (κ1) is 12.4. The SMILES string of the molecule is CCSCC(NN)c1cncc2ccccc12. The van der Waals surface area contributed by atoms with Crippen molar-refractivity contribution in [1.29, 1.82) is 0 Å². The Bertz CT molecular complexity index is 482. The normalized spacial score (nSPS) is 12.8. The van der Waals surface area contributed by atoms with Crippen LogP contribution in [0.15, 0.2) is 36.7 Å². The smallest absolute Gasteiger partial charge is 0.0571 e. The molecule has 1 unspecified atom stereocenters. The summed E-state index contributed by atoms with van der Waals surface area (Å²) in [6.45, 7) is 2.15. The predicted molar refractivity (Wildman–Crippen MR) is 74.8 cm³/mol. The quantitative estimate of drug-likeness (QED) is 0.629. The Kier molecular flexibility index (Phi) is 4.36. The van der Waals surface area contributed by atoms with Crippen LogP contribution in [0.25, 0.3) is 10.8 Å². The van der Waals surface area contributed by atoms with E-state index < -0.39 is 0 Å². The highest BCUT2D eigenvalue weighted by Crippen LogP contribution is 2.25. The van der Waals surface area contributed by atoms with Crippen molar-refractivity contribution < 1.29 is 0 Å². The topological polar surface area (TPSA) is 50.9 Å². The number of nitrogens with two attached hydrogens (primary N) is 1. The highest BCUT2D eigenvalue weighted by molar-refractivity contribution is 7.99. The molecule has 17 heavy (non-hydrogen) atoms. The van der Waals surface area contributed by atoms with Crippen LogP contribution in [0.5, 0.6) is 0 Å². The fraction of sp³-hybridized carbons (Fsp3) is 0.308. The number of hydrogen-bond acceptors (Lipinski definition) is 4. The van der Waals surface area contributed by atoms with Crippen LogP contribution in [0.1, 0.15) is 18.5 Å². The third-order valence-electron chi connectivity index (χ3n) is 2.76. The van der Waals surface area contributed by atoms with Crippen molar-refractivity contribution in [3.63, 3.8) is 0 Å². The summed E-state index contributed by atoms with van der Waals surface area (Å²) in [5.74, 6) is 7.70. The van der Waals surface area contributed by atoms with Crippen molar-refractivity contribution in [2.24, 2.45) is 5.84 Å². The summed E-state index contributed by atoms with van der Waals surface area (Å²) in [4.78, 5) is 4.28. The van der Waals surface area contributed by atoms with Gasteiger partial charge in [0.2, 0.25) is 0 Å². The van der Waals surface area contributed by atoms with Gasteiger partial charge in [-0.2, -0.15) is 11.8 Å². The minimum Gasteiger partial charge on any atom is -0.271 e. The average Bonchev–Trinajstić information content (AvgIpc) is 2.40. The van der Waals surface area contributed by atoms with Crippen LogP contribution in [-0.4, -0.2) is 16.5 Å². The molecule has 0 aliphatic rings. The van der Waals surface area contributed by atoms with Crippen molar-refractivity contribution in [3.05, 3.63) is 42.2 Å². The third kappa shape index (κ3) is 2.77. The maximum Gasteiger partial charge on any atom is 0.0571 e. The molecule has 1 aromatic heterocycles. The van der Waals surface area contributed by atoms with Gasteiger partial charge in [-0.3, -0.25) is 16.3 Å². The van der Waals surface area contributed by atoms with Crippen LogP contribution in [0.4, 0.5) is 0 Å². The summed E-state index contributed by atoms with van der Waals surface area (Å²) in [6.07, 6.45) is 3.79. The second kappa shape index (κ2) is 6.00. The van der Waals surface area contributed by atoms with Gasteiger partial charge in [-0.05, 0) is 16.7 Å². The highest BCUT2D eigenvalue weighted by atomic mass is 32.2. The molecule has 2 rings (SSSR count). The Morgan fingerprint density at radius 3 is 2.94 bits per heavy atom. The van der Waals surface area contributed by atoms with Crippen molar-refractivity contribution in [2.75, 3.05) is 11.5 Å². The molecule has 0 spiro atoms. The molecule has 3 nitrogen and oxygen atoms in total. The molecule has 0 saturated carbocycles. The maximum atomic E-state index is 5.65. The molecule has 0 radical (unpaired) electrons. The molecule has 1 aromatic carbocycles. The standard InChI is InChI=1S/C13H17N3S/c1-2-17-9-13(16-14)12-8-15-7-10-5-3-4-6-11(10)12/h3-8,13,16H,2,9,14H2,1H3. The number of fused-ring (bicyclic) bond motifs is 1. The highest BCUT2D eigenvalue weighted by Gasteiger charge is 2.12. The summed E-state index contributed by atoms with van der Waals surface area (Å²) in [6, 6.07) is 8.42. The maximum absolute atomic E-state index is 5.65. The van der Waals surface area contributed by atoms with Crippen LogP contribution in [0.3, 0.4) is 0 Å². The van der Waals surface area contributed by atoms with Gasteiger partial charge in [0, 0.05) is 23.5 Å². The molecule has 0 aliphatic carbocycles. The van der Waals surface area contributed by atoms with E-state index in [1.54, 1.807) is 0 Å². The van der Waals surface area contributed by atoms with E-state index in [0.29, 0.717) is 0 Å². The lowest BCUT2D eigenvalue weighted by molar-refractivity contribution is 0.613. The van der Waals surface area contributed by atoms with E-state index in [9.17, 15) is 0 Å². The predicted octanol–water partition coefficient (Wildman–Crippen LogP) is 2.49. The lowest BCUT2D eigenvalue weighted by atomic mass is 10.0. The van der Waals surface area contributed by atoms with Crippen molar-refractivity contribution >= 4 is 22.5 Å². The van der Waals surface area contributed by atoms with Gasteiger partial charge in [0.05, 0.1) is 6.04 Å². The van der Waals surface area contributed by atoms with Crippen molar-refractivity contribution in [1.82, 2.24) is 10.4 Å². The van der Waals surface area contributed by atoms with E-state index in [2.05, 4.69) is 29.5 Å². The van der Waals surface area contributed by atoms with Gasteiger partial charge in [0.25, 0.3) is 0 Å². The number of hydrogen-bond donors (Lipinski definition) is 2. The molecule has 90 valence electrons. The van der Waals surface area contributed by atoms with Gasteiger partial charge in [0.15, 0.2) is 0 Å². The van der Waals surface area contributed by atoms with Crippen LogP contribution in [0.2, 0.25) is 0 Å². The van der Waals surface area contributed by atoms with E-state index in [4.69, 9.17) is 5.84 Å². The van der Waals surface area contributed by atoms with Gasteiger partial charge in [-0.25, -0.2) is 0 Å². The number of nitrogens with zero attached hydrogens (tertiary/aromatic N) is 1. The minimum absolute atomic E-state index is 0.151. The van der Waals surface area contributed by atoms with Crippen LogP contribution < -0.4 is 11.3 Å². The van der Waals surface area contributed by atoms with E-state index in [-0.39, 0.29) is 6.04 Å². The lowest BCUT2D eigenvalue weighted by Gasteiger charge is -2.17. The number of rotatable bonds is 5. The minimum atomic E-state index is 0.151. The molecule has 4 heteroatoms. The zero-order valence-electron chi connectivity index (χ0n) is 9.89. The molecule has 3 N–H and O–H groups in total. The van der Waals surface area contributed by atoms with Gasteiger partial charge in [-0.15, -0.1) is 0 Å². The van der Waals surface area contributed by atoms with E-state index in [0.717, 1.165) is 16.9 Å². The third-order valence-corrected chi connectivity index (χ3v) is 3.74. The van der Waals surface area contributed by atoms with Gasteiger partial charge in [-0.1, -0.05) is 31.2 Å². The number of nitrogens with one attached hydrogen (secondary N) is 1. The first-order valence-electron chi connectivity index (χ1n) is 5.73. The van der Waals surface area contributed by atoms with E-state index in [1.165, 1.54) is 10.9 Å². The Morgan fingerprint density at radius 2 is 2.18 bits per heavy atom.